The second-order valence-corrected chi connectivity index (χ2v) is 4.38. The fourth-order valence-electron chi connectivity index (χ4n) is 1.70. The highest BCUT2D eigenvalue weighted by Gasteiger charge is 2.00. The molecule has 0 aliphatic carbocycles. The third-order valence-corrected chi connectivity index (χ3v) is 2.83. The Labute approximate surface area is 106 Å². The van der Waals surface area contributed by atoms with Crippen LogP contribution in [0, 0.1) is 0 Å². The molecule has 4 heteroatoms. The molecule has 0 saturated carbocycles. The molecule has 2 aromatic rings. The Morgan fingerprint density at radius 2 is 2.06 bits per heavy atom. The topological polar surface area (TPSA) is 29.9 Å². The monoisotopic (exact) mass is 249 g/mol. The van der Waals surface area contributed by atoms with Crippen molar-refractivity contribution in [3.63, 3.8) is 0 Å². The normalized spacial score (nSPS) is 10.5. The van der Waals surface area contributed by atoms with E-state index in [1.165, 1.54) is 5.69 Å². The standard InChI is InChI=1S/C13H16ClN3/c1-2-7-17-10-15-8-13(17)9-16-12-5-3-11(14)4-6-12/h3-6,8,10,16H,2,7,9H2,1H3. The zero-order chi connectivity index (χ0) is 12.1. The maximum absolute atomic E-state index is 5.84. The van der Waals surface area contributed by atoms with Crippen molar-refractivity contribution in [1.82, 2.24) is 9.55 Å². The van der Waals surface area contributed by atoms with Crippen LogP contribution in [0.5, 0.6) is 0 Å². The van der Waals surface area contributed by atoms with E-state index in [9.17, 15) is 0 Å². The van der Waals surface area contributed by atoms with Gasteiger partial charge >= 0.3 is 0 Å². The minimum atomic E-state index is 0.756. The van der Waals surface area contributed by atoms with E-state index in [0.29, 0.717) is 0 Å². The summed E-state index contributed by atoms with van der Waals surface area (Å²) >= 11 is 5.84. The van der Waals surface area contributed by atoms with Gasteiger partial charge in [0.15, 0.2) is 0 Å². The molecule has 0 aliphatic heterocycles. The smallest absolute Gasteiger partial charge is 0.0948 e. The summed E-state index contributed by atoms with van der Waals surface area (Å²) in [6.07, 6.45) is 4.89. The number of nitrogens with one attached hydrogen (secondary N) is 1. The van der Waals surface area contributed by atoms with Crippen LogP contribution in [0.3, 0.4) is 0 Å². The molecule has 0 atom stereocenters. The quantitative estimate of drug-likeness (QED) is 0.878. The molecule has 0 bridgehead atoms. The highest BCUT2D eigenvalue weighted by molar-refractivity contribution is 6.30. The Hall–Kier alpha value is -1.48. The number of hydrogen-bond donors (Lipinski definition) is 1. The van der Waals surface area contributed by atoms with Gasteiger partial charge in [-0.3, -0.25) is 0 Å². The van der Waals surface area contributed by atoms with Gasteiger partial charge in [-0.2, -0.15) is 0 Å². The molecule has 0 unspecified atom stereocenters. The lowest BCUT2D eigenvalue weighted by atomic mass is 10.3. The van der Waals surface area contributed by atoms with E-state index >= 15 is 0 Å². The number of hydrogen-bond acceptors (Lipinski definition) is 2. The summed E-state index contributed by atoms with van der Waals surface area (Å²) in [6.45, 7) is 3.95. The van der Waals surface area contributed by atoms with Gasteiger partial charge in [-0.25, -0.2) is 4.98 Å². The number of imidazole rings is 1. The van der Waals surface area contributed by atoms with Crippen molar-refractivity contribution in [1.29, 1.82) is 0 Å². The van der Waals surface area contributed by atoms with Crippen molar-refractivity contribution in [2.24, 2.45) is 0 Å². The predicted octanol–water partition coefficient (Wildman–Crippen LogP) is 3.56. The zero-order valence-electron chi connectivity index (χ0n) is 9.86. The minimum Gasteiger partial charge on any atom is -0.379 e. The molecular weight excluding hydrogens is 234 g/mol. The van der Waals surface area contributed by atoms with Crippen molar-refractivity contribution in [3.05, 3.63) is 47.5 Å². The molecule has 1 heterocycles. The van der Waals surface area contributed by atoms with Crippen LogP contribution < -0.4 is 5.32 Å². The van der Waals surface area contributed by atoms with Crippen molar-refractivity contribution < 1.29 is 0 Å². The Bertz CT molecular complexity index is 462. The molecule has 2 rings (SSSR count). The van der Waals surface area contributed by atoms with E-state index in [1.54, 1.807) is 0 Å². The van der Waals surface area contributed by atoms with Gasteiger partial charge in [0.1, 0.15) is 0 Å². The van der Waals surface area contributed by atoms with E-state index in [1.807, 2.05) is 36.8 Å². The molecule has 0 aliphatic rings. The Balaban J connectivity index is 1.97. The lowest BCUT2D eigenvalue weighted by Crippen LogP contribution is -2.06. The van der Waals surface area contributed by atoms with Crippen LogP contribution in [0.2, 0.25) is 5.02 Å². The zero-order valence-corrected chi connectivity index (χ0v) is 10.6. The number of aryl methyl sites for hydroxylation is 1. The summed E-state index contributed by atoms with van der Waals surface area (Å²) in [7, 11) is 0. The summed E-state index contributed by atoms with van der Waals surface area (Å²) in [5, 5.41) is 4.11. The Morgan fingerprint density at radius 1 is 1.29 bits per heavy atom. The third kappa shape index (κ3) is 3.24. The lowest BCUT2D eigenvalue weighted by molar-refractivity contribution is 0.651. The van der Waals surface area contributed by atoms with E-state index in [4.69, 9.17) is 11.6 Å². The first-order valence-electron chi connectivity index (χ1n) is 5.78. The van der Waals surface area contributed by atoms with E-state index in [2.05, 4.69) is 21.8 Å². The molecule has 0 spiro atoms. The molecule has 0 radical (unpaired) electrons. The van der Waals surface area contributed by atoms with Gasteiger partial charge in [0.05, 0.1) is 18.6 Å². The van der Waals surface area contributed by atoms with E-state index < -0.39 is 0 Å². The minimum absolute atomic E-state index is 0.756. The maximum Gasteiger partial charge on any atom is 0.0948 e. The third-order valence-electron chi connectivity index (χ3n) is 2.58. The number of benzene rings is 1. The molecule has 0 fully saturated rings. The van der Waals surface area contributed by atoms with Crippen LogP contribution in [0.15, 0.2) is 36.8 Å². The molecule has 0 amide bonds. The average Bonchev–Trinajstić information content (AvgIpc) is 2.77. The predicted molar refractivity (Wildman–Crippen MR) is 71.3 cm³/mol. The molecule has 1 N–H and O–H groups in total. The van der Waals surface area contributed by atoms with Gasteiger partial charge in [-0.1, -0.05) is 18.5 Å². The fraction of sp³-hybridized carbons (Fsp3) is 0.308. The molecule has 3 nitrogen and oxygen atoms in total. The van der Waals surface area contributed by atoms with E-state index in [-0.39, 0.29) is 0 Å². The van der Waals surface area contributed by atoms with Gasteiger partial charge in [0, 0.05) is 23.5 Å². The number of anilines is 1. The van der Waals surface area contributed by atoms with Crippen LogP contribution in [-0.4, -0.2) is 9.55 Å². The van der Waals surface area contributed by atoms with Crippen molar-refractivity contribution >= 4 is 17.3 Å². The number of halogens is 1. The van der Waals surface area contributed by atoms with Crippen LogP contribution in [-0.2, 0) is 13.1 Å². The molecule has 1 aromatic heterocycles. The largest absolute Gasteiger partial charge is 0.379 e. The summed E-state index contributed by atoms with van der Waals surface area (Å²) in [6, 6.07) is 7.71. The number of nitrogens with zero attached hydrogens (tertiary/aromatic N) is 2. The first-order valence-corrected chi connectivity index (χ1v) is 6.16. The molecule has 90 valence electrons. The summed E-state index contributed by atoms with van der Waals surface area (Å²) in [4.78, 5) is 4.17. The Kier molecular flexibility index (Phi) is 4.04. The fourth-order valence-corrected chi connectivity index (χ4v) is 1.82. The summed E-state index contributed by atoms with van der Waals surface area (Å²) < 4.78 is 2.17. The van der Waals surface area contributed by atoms with Gasteiger partial charge in [-0.15, -0.1) is 0 Å². The second kappa shape index (κ2) is 5.73. The molecular formula is C13H16ClN3. The second-order valence-electron chi connectivity index (χ2n) is 3.94. The highest BCUT2D eigenvalue weighted by Crippen LogP contribution is 2.14. The van der Waals surface area contributed by atoms with Gasteiger partial charge in [0.2, 0.25) is 0 Å². The van der Waals surface area contributed by atoms with Crippen LogP contribution in [0.1, 0.15) is 19.0 Å². The first-order chi connectivity index (χ1) is 8.29. The average molecular weight is 250 g/mol. The first kappa shape index (κ1) is 12.0. The van der Waals surface area contributed by atoms with Crippen molar-refractivity contribution in [2.45, 2.75) is 26.4 Å². The van der Waals surface area contributed by atoms with E-state index in [0.717, 1.165) is 30.2 Å². The van der Waals surface area contributed by atoms with Crippen LogP contribution in [0.25, 0.3) is 0 Å². The summed E-state index contributed by atoms with van der Waals surface area (Å²) in [5.41, 5.74) is 2.26. The molecule has 17 heavy (non-hydrogen) atoms. The van der Waals surface area contributed by atoms with Gasteiger partial charge in [0.25, 0.3) is 0 Å². The molecule has 1 aromatic carbocycles. The SMILES string of the molecule is CCCn1cncc1CNc1ccc(Cl)cc1. The van der Waals surface area contributed by atoms with Crippen LogP contribution in [0.4, 0.5) is 5.69 Å². The van der Waals surface area contributed by atoms with Gasteiger partial charge < -0.3 is 9.88 Å². The number of aromatic nitrogens is 2. The van der Waals surface area contributed by atoms with Crippen molar-refractivity contribution in [3.8, 4) is 0 Å². The number of rotatable bonds is 5. The lowest BCUT2D eigenvalue weighted by Gasteiger charge is -2.09. The Morgan fingerprint density at radius 3 is 2.76 bits per heavy atom. The maximum atomic E-state index is 5.84. The highest BCUT2D eigenvalue weighted by atomic mass is 35.5. The van der Waals surface area contributed by atoms with Gasteiger partial charge in [-0.05, 0) is 30.7 Å². The van der Waals surface area contributed by atoms with Crippen molar-refractivity contribution in [2.75, 3.05) is 5.32 Å². The molecule has 0 saturated heterocycles. The summed E-state index contributed by atoms with van der Waals surface area (Å²) in [5.74, 6) is 0. The van der Waals surface area contributed by atoms with Crippen LogP contribution >= 0.6 is 11.6 Å².